The number of carbonyl (C=O) groups is 2. The summed E-state index contributed by atoms with van der Waals surface area (Å²) in [6.45, 7) is 7.18. The summed E-state index contributed by atoms with van der Waals surface area (Å²) in [6.07, 6.45) is 0.885. The molecule has 3 aromatic carbocycles. The van der Waals surface area contributed by atoms with E-state index < -0.39 is 28.5 Å². The van der Waals surface area contributed by atoms with Crippen LogP contribution in [0.25, 0.3) is 0 Å². The van der Waals surface area contributed by atoms with Crippen LogP contribution in [0.1, 0.15) is 38.3 Å². The normalized spacial score (nSPS) is 12.1. The average Bonchev–Trinajstić information content (AvgIpc) is 2.94. The number of hydrogen-bond donors (Lipinski definition) is 1. The van der Waals surface area contributed by atoms with E-state index in [0.29, 0.717) is 18.6 Å². The minimum Gasteiger partial charge on any atom is -0.495 e. The van der Waals surface area contributed by atoms with E-state index in [0.717, 1.165) is 15.4 Å². The molecular weight excluding hydrogens is 526 g/mol. The maximum absolute atomic E-state index is 14.1. The van der Waals surface area contributed by atoms with Gasteiger partial charge in [0.1, 0.15) is 18.3 Å². The van der Waals surface area contributed by atoms with Crippen molar-refractivity contribution in [3.05, 3.63) is 90.0 Å². The number of carbonyl (C=O) groups excluding carboxylic acids is 2. The predicted octanol–water partition coefficient (Wildman–Crippen LogP) is 4.57. The van der Waals surface area contributed by atoms with E-state index >= 15 is 0 Å². The quantitative estimate of drug-likeness (QED) is 0.328. The van der Waals surface area contributed by atoms with E-state index in [4.69, 9.17) is 4.74 Å². The van der Waals surface area contributed by atoms with Crippen molar-refractivity contribution in [2.75, 3.05) is 24.5 Å². The summed E-state index contributed by atoms with van der Waals surface area (Å²) in [5.74, 6) is -0.446. The molecule has 0 aliphatic heterocycles. The van der Waals surface area contributed by atoms with E-state index in [1.165, 1.54) is 24.1 Å². The number of rotatable bonds is 13. The largest absolute Gasteiger partial charge is 0.495 e. The van der Waals surface area contributed by atoms with Crippen LogP contribution in [0, 0.1) is 6.92 Å². The molecular formula is C31H39N3O5S. The van der Waals surface area contributed by atoms with E-state index in [-0.39, 0.29) is 29.1 Å². The van der Waals surface area contributed by atoms with E-state index in [2.05, 4.69) is 5.32 Å². The Morgan fingerprint density at radius 2 is 1.55 bits per heavy atom. The fourth-order valence-electron chi connectivity index (χ4n) is 4.46. The van der Waals surface area contributed by atoms with Crippen LogP contribution in [-0.4, -0.2) is 57.4 Å². The molecule has 0 aliphatic carbocycles. The average molecular weight is 566 g/mol. The van der Waals surface area contributed by atoms with Gasteiger partial charge < -0.3 is 15.0 Å². The fourth-order valence-corrected chi connectivity index (χ4v) is 5.89. The Hall–Kier alpha value is -3.85. The molecule has 2 amide bonds. The van der Waals surface area contributed by atoms with Gasteiger partial charge in [-0.1, -0.05) is 67.1 Å². The monoisotopic (exact) mass is 565 g/mol. The van der Waals surface area contributed by atoms with Gasteiger partial charge in [-0.3, -0.25) is 13.9 Å². The molecule has 0 radical (unpaired) electrons. The zero-order valence-electron chi connectivity index (χ0n) is 23.8. The van der Waals surface area contributed by atoms with Gasteiger partial charge >= 0.3 is 0 Å². The molecule has 214 valence electrons. The maximum Gasteiger partial charge on any atom is 0.264 e. The van der Waals surface area contributed by atoms with Gasteiger partial charge in [0, 0.05) is 12.6 Å². The number of hydrogen-bond acceptors (Lipinski definition) is 5. The number of nitrogens with zero attached hydrogens (tertiary/aromatic N) is 2. The summed E-state index contributed by atoms with van der Waals surface area (Å²) in [4.78, 5) is 28.8. The lowest BCUT2D eigenvalue weighted by atomic mass is 10.1. The Kier molecular flexibility index (Phi) is 10.7. The molecule has 0 aromatic heterocycles. The number of aryl methyl sites for hydroxylation is 1. The van der Waals surface area contributed by atoms with Crippen molar-refractivity contribution in [1.82, 2.24) is 10.2 Å². The summed E-state index contributed by atoms with van der Waals surface area (Å²) in [5, 5.41) is 2.91. The number of anilines is 1. The molecule has 1 atom stereocenters. The van der Waals surface area contributed by atoms with Crippen LogP contribution in [0.15, 0.2) is 83.8 Å². The molecule has 0 aliphatic rings. The molecule has 0 fully saturated rings. The second-order valence-corrected chi connectivity index (χ2v) is 11.8. The first-order valence-corrected chi connectivity index (χ1v) is 14.9. The molecule has 3 aromatic rings. The van der Waals surface area contributed by atoms with Gasteiger partial charge in [0.25, 0.3) is 10.0 Å². The molecule has 9 heteroatoms. The van der Waals surface area contributed by atoms with Crippen molar-refractivity contribution in [2.24, 2.45) is 0 Å². The molecule has 1 N–H and O–H groups in total. The first-order valence-electron chi connectivity index (χ1n) is 13.4. The lowest BCUT2D eigenvalue weighted by molar-refractivity contribution is -0.139. The molecule has 0 unspecified atom stereocenters. The number of amides is 2. The number of ether oxygens (including phenoxy) is 1. The predicted molar refractivity (Wildman–Crippen MR) is 158 cm³/mol. The summed E-state index contributed by atoms with van der Waals surface area (Å²) in [6, 6.07) is 21.9. The second kappa shape index (κ2) is 14.0. The number of nitrogens with one attached hydrogen (secondary N) is 1. The third-order valence-corrected chi connectivity index (χ3v) is 8.32. The van der Waals surface area contributed by atoms with Gasteiger partial charge in [-0.05, 0) is 63.4 Å². The smallest absolute Gasteiger partial charge is 0.264 e. The molecule has 0 saturated carbocycles. The molecule has 0 saturated heterocycles. The second-order valence-electron chi connectivity index (χ2n) is 9.91. The standard InChI is InChI=1S/C31H39N3O5S/c1-6-27(31(36)32-23(2)3)33(21-20-25-12-8-7-9-13-25)30(35)22-34(28-14-10-11-15-29(28)39-5)40(37,38)26-18-16-24(4)17-19-26/h7-19,23,27H,6,20-22H2,1-5H3,(H,32,36)/t27-/m1/s1. The highest BCUT2D eigenvalue weighted by atomic mass is 32.2. The van der Waals surface area contributed by atoms with Crippen molar-refractivity contribution < 1.29 is 22.7 Å². The number of methoxy groups -OCH3 is 1. The van der Waals surface area contributed by atoms with Gasteiger partial charge in [0.15, 0.2) is 0 Å². The highest BCUT2D eigenvalue weighted by molar-refractivity contribution is 7.92. The van der Waals surface area contributed by atoms with E-state index in [9.17, 15) is 18.0 Å². The highest BCUT2D eigenvalue weighted by Crippen LogP contribution is 2.32. The van der Waals surface area contributed by atoms with Crippen LogP contribution in [0.5, 0.6) is 5.75 Å². The van der Waals surface area contributed by atoms with Gasteiger partial charge in [0.2, 0.25) is 11.8 Å². The van der Waals surface area contributed by atoms with Crippen LogP contribution < -0.4 is 14.4 Å². The Bertz CT molecular complexity index is 1380. The van der Waals surface area contributed by atoms with Crippen molar-refractivity contribution in [1.29, 1.82) is 0 Å². The third kappa shape index (κ3) is 7.63. The van der Waals surface area contributed by atoms with Gasteiger partial charge in [-0.15, -0.1) is 0 Å². The first-order chi connectivity index (χ1) is 19.1. The number of sulfonamides is 1. The number of benzene rings is 3. The molecule has 0 spiro atoms. The Morgan fingerprint density at radius 3 is 2.15 bits per heavy atom. The SMILES string of the molecule is CC[C@H](C(=O)NC(C)C)N(CCc1ccccc1)C(=O)CN(c1ccccc1OC)S(=O)(=O)c1ccc(C)cc1. The molecule has 0 bridgehead atoms. The minimum atomic E-state index is -4.17. The third-order valence-electron chi connectivity index (χ3n) is 6.54. The topological polar surface area (TPSA) is 96.0 Å². The van der Waals surface area contributed by atoms with Crippen molar-refractivity contribution in [2.45, 2.75) is 57.5 Å². The summed E-state index contributed by atoms with van der Waals surface area (Å²) < 4.78 is 34.5. The van der Waals surface area contributed by atoms with Gasteiger partial charge in [0.05, 0.1) is 17.7 Å². The zero-order chi connectivity index (χ0) is 29.3. The lowest BCUT2D eigenvalue weighted by Crippen LogP contribution is -2.54. The highest BCUT2D eigenvalue weighted by Gasteiger charge is 2.34. The van der Waals surface area contributed by atoms with Crippen LogP contribution in [0.2, 0.25) is 0 Å². The van der Waals surface area contributed by atoms with Crippen LogP contribution >= 0.6 is 0 Å². The molecule has 8 nitrogen and oxygen atoms in total. The Labute approximate surface area is 238 Å². The first kappa shape index (κ1) is 30.7. The summed E-state index contributed by atoms with van der Waals surface area (Å²) >= 11 is 0. The summed E-state index contributed by atoms with van der Waals surface area (Å²) in [7, 11) is -2.71. The summed E-state index contributed by atoms with van der Waals surface area (Å²) in [5.41, 5.74) is 2.16. The maximum atomic E-state index is 14.1. The van der Waals surface area contributed by atoms with Crippen LogP contribution in [-0.2, 0) is 26.0 Å². The van der Waals surface area contributed by atoms with Crippen molar-refractivity contribution in [3.63, 3.8) is 0 Å². The van der Waals surface area contributed by atoms with Crippen LogP contribution in [0.4, 0.5) is 5.69 Å². The molecule has 0 heterocycles. The number of para-hydroxylation sites is 2. The van der Waals surface area contributed by atoms with Crippen LogP contribution in [0.3, 0.4) is 0 Å². The Morgan fingerprint density at radius 1 is 0.925 bits per heavy atom. The Balaban J connectivity index is 2.05. The lowest BCUT2D eigenvalue weighted by Gasteiger charge is -2.33. The fraction of sp³-hybridized carbons (Fsp3) is 0.355. The van der Waals surface area contributed by atoms with Gasteiger partial charge in [-0.25, -0.2) is 8.42 Å². The van der Waals surface area contributed by atoms with E-state index in [1.54, 1.807) is 36.4 Å². The van der Waals surface area contributed by atoms with E-state index in [1.807, 2.05) is 58.0 Å². The molecule has 40 heavy (non-hydrogen) atoms. The minimum absolute atomic E-state index is 0.0530. The molecule has 3 rings (SSSR count). The van der Waals surface area contributed by atoms with Crippen molar-refractivity contribution >= 4 is 27.5 Å². The zero-order valence-corrected chi connectivity index (χ0v) is 24.6. The van der Waals surface area contributed by atoms with Crippen molar-refractivity contribution in [3.8, 4) is 5.75 Å². The van der Waals surface area contributed by atoms with Gasteiger partial charge in [-0.2, -0.15) is 0 Å².